The number of epoxide rings is 2. The van der Waals surface area contributed by atoms with Gasteiger partial charge in [-0.3, -0.25) is 4.79 Å². The molecule has 2 aliphatic carbocycles. The molecule has 4 aliphatic rings. The van der Waals surface area contributed by atoms with E-state index in [2.05, 4.69) is 6.92 Å². The van der Waals surface area contributed by atoms with Gasteiger partial charge in [0, 0.05) is 0 Å². The first-order valence-electron chi connectivity index (χ1n) is 13.1. The molecule has 8 nitrogen and oxygen atoms in total. The van der Waals surface area contributed by atoms with Crippen molar-refractivity contribution in [3.8, 4) is 5.75 Å². The average molecular weight is 489 g/mol. The lowest BCUT2D eigenvalue weighted by Crippen LogP contribution is -2.32. The highest BCUT2D eigenvalue weighted by Crippen LogP contribution is 2.40. The molecule has 35 heavy (non-hydrogen) atoms. The molecule has 2 saturated carbocycles. The van der Waals surface area contributed by atoms with E-state index < -0.39 is 0 Å². The monoisotopic (exact) mass is 488 g/mol. The van der Waals surface area contributed by atoms with E-state index >= 15 is 0 Å². The highest BCUT2D eigenvalue weighted by atomic mass is 16.7. The molecule has 1 aromatic rings. The Labute approximate surface area is 206 Å². The lowest BCUT2D eigenvalue weighted by atomic mass is 9.89. The van der Waals surface area contributed by atoms with Crippen molar-refractivity contribution < 1.29 is 38.0 Å². The molecule has 8 heteroatoms. The molecule has 1 aromatic carbocycles. The minimum Gasteiger partial charge on any atom is -0.459 e. The second-order valence-electron chi connectivity index (χ2n) is 10.1. The van der Waals surface area contributed by atoms with Gasteiger partial charge in [0.25, 0.3) is 0 Å². The van der Waals surface area contributed by atoms with Gasteiger partial charge in [-0.2, -0.15) is 0 Å². The Hall–Kier alpha value is -2.00. The van der Waals surface area contributed by atoms with Crippen LogP contribution < -0.4 is 4.74 Å². The van der Waals surface area contributed by atoms with Gasteiger partial charge in [-0.25, -0.2) is 4.79 Å². The Kier molecular flexibility index (Phi) is 8.02. The summed E-state index contributed by atoms with van der Waals surface area (Å²) >= 11 is 0. The topological polar surface area (TPSA) is 96.1 Å². The number of benzene rings is 1. The van der Waals surface area contributed by atoms with Crippen molar-refractivity contribution in [1.29, 1.82) is 0 Å². The maximum absolute atomic E-state index is 12.6. The van der Waals surface area contributed by atoms with Gasteiger partial charge in [0.1, 0.15) is 18.0 Å². The Bertz CT molecular complexity index is 858. The molecule has 5 unspecified atom stereocenters. The van der Waals surface area contributed by atoms with Crippen LogP contribution in [0.1, 0.15) is 75.1 Å². The van der Waals surface area contributed by atoms with E-state index in [0.29, 0.717) is 24.0 Å². The number of rotatable bonds is 11. The molecular weight excluding hydrogens is 452 g/mol. The molecule has 2 saturated heterocycles. The summed E-state index contributed by atoms with van der Waals surface area (Å²) in [6.45, 7) is 3.49. The van der Waals surface area contributed by atoms with Gasteiger partial charge in [-0.05, 0) is 75.6 Å². The first kappa shape index (κ1) is 24.7. The van der Waals surface area contributed by atoms with Gasteiger partial charge in [-0.1, -0.05) is 13.3 Å². The quantitative estimate of drug-likeness (QED) is 0.198. The fraction of sp³-hybridized carbons (Fsp3) is 0.704. The molecule has 0 spiro atoms. The molecule has 0 aromatic heterocycles. The highest BCUT2D eigenvalue weighted by molar-refractivity contribution is 5.89. The Balaban J connectivity index is 1.03. The van der Waals surface area contributed by atoms with E-state index in [9.17, 15) is 9.59 Å². The van der Waals surface area contributed by atoms with E-state index in [-0.39, 0.29) is 48.6 Å². The van der Waals surface area contributed by atoms with Crippen LogP contribution in [0, 0.1) is 5.92 Å². The SMILES string of the molecule is CCCC(OCC1CO1)OC1CCC(OC(=O)c2ccc(OC(=O)C3CCC4OC4C3)cc2)CC1. The Morgan fingerprint density at radius 3 is 2.43 bits per heavy atom. The summed E-state index contributed by atoms with van der Waals surface area (Å²) in [5.74, 6) is -0.243. The zero-order valence-electron chi connectivity index (χ0n) is 20.4. The second-order valence-corrected chi connectivity index (χ2v) is 10.1. The Morgan fingerprint density at radius 2 is 1.74 bits per heavy atom. The van der Waals surface area contributed by atoms with Crippen molar-refractivity contribution in [3.05, 3.63) is 29.8 Å². The van der Waals surface area contributed by atoms with E-state index in [1.54, 1.807) is 24.3 Å². The number of hydrogen-bond acceptors (Lipinski definition) is 8. The summed E-state index contributed by atoms with van der Waals surface area (Å²) in [4.78, 5) is 25.0. The van der Waals surface area contributed by atoms with Crippen LogP contribution in [0.2, 0.25) is 0 Å². The lowest BCUT2D eigenvalue weighted by Gasteiger charge is -2.31. The number of fused-ring (bicyclic) bond motifs is 1. The van der Waals surface area contributed by atoms with Crippen LogP contribution in [0.15, 0.2) is 24.3 Å². The summed E-state index contributed by atoms with van der Waals surface area (Å²) in [6, 6.07) is 6.60. The summed E-state index contributed by atoms with van der Waals surface area (Å²) in [5.41, 5.74) is 0.453. The second kappa shape index (κ2) is 11.4. The van der Waals surface area contributed by atoms with E-state index in [1.165, 1.54) is 0 Å². The zero-order chi connectivity index (χ0) is 24.2. The van der Waals surface area contributed by atoms with Gasteiger partial charge in [0.05, 0.1) is 43.0 Å². The van der Waals surface area contributed by atoms with Crippen LogP contribution in [0.25, 0.3) is 0 Å². The molecule has 0 amide bonds. The minimum absolute atomic E-state index is 0.112. The number of hydrogen-bond donors (Lipinski definition) is 0. The van der Waals surface area contributed by atoms with Gasteiger partial charge in [0.2, 0.25) is 0 Å². The van der Waals surface area contributed by atoms with Gasteiger partial charge in [-0.15, -0.1) is 0 Å². The van der Waals surface area contributed by atoms with Crippen molar-refractivity contribution >= 4 is 11.9 Å². The standard InChI is InChI=1S/C27H36O8/c1-2-3-25(31-16-22-15-30-22)32-19-9-11-21(12-10-19)33-26(28)17-4-7-20(8-5-17)34-27(29)18-6-13-23-24(14-18)35-23/h4-5,7-8,18-19,21-25H,2-3,6,9-16H2,1H3. The fourth-order valence-corrected chi connectivity index (χ4v) is 5.00. The molecule has 2 aliphatic heterocycles. The van der Waals surface area contributed by atoms with Crippen molar-refractivity contribution in [2.75, 3.05) is 13.2 Å². The number of carbonyl (C=O) groups is 2. The summed E-state index contributed by atoms with van der Waals surface area (Å²) in [6.07, 6.45) is 8.16. The summed E-state index contributed by atoms with van der Waals surface area (Å²) in [7, 11) is 0. The predicted octanol–water partition coefficient (Wildman–Crippen LogP) is 4.19. The van der Waals surface area contributed by atoms with Crippen molar-refractivity contribution in [3.63, 3.8) is 0 Å². The summed E-state index contributed by atoms with van der Waals surface area (Å²) in [5, 5.41) is 0. The van der Waals surface area contributed by atoms with Crippen molar-refractivity contribution in [2.45, 2.75) is 102 Å². The van der Waals surface area contributed by atoms with Crippen molar-refractivity contribution in [2.24, 2.45) is 5.92 Å². The molecule has 192 valence electrons. The van der Waals surface area contributed by atoms with E-state index in [4.69, 9.17) is 28.4 Å². The third-order valence-electron chi connectivity index (χ3n) is 7.28. The number of esters is 2. The molecule has 4 fully saturated rings. The van der Waals surface area contributed by atoms with E-state index in [1.807, 2.05) is 0 Å². The van der Waals surface area contributed by atoms with Crippen LogP contribution in [-0.2, 0) is 28.5 Å². The van der Waals surface area contributed by atoms with Gasteiger partial charge in [0.15, 0.2) is 6.29 Å². The maximum Gasteiger partial charge on any atom is 0.338 e. The zero-order valence-corrected chi connectivity index (χ0v) is 20.4. The molecule has 0 radical (unpaired) electrons. The average Bonchev–Trinajstić information content (AvgIpc) is 3.79. The highest BCUT2D eigenvalue weighted by Gasteiger charge is 2.46. The first-order chi connectivity index (χ1) is 17.1. The number of ether oxygens (including phenoxy) is 6. The molecule has 0 N–H and O–H groups in total. The summed E-state index contributed by atoms with van der Waals surface area (Å²) < 4.78 is 34.0. The van der Waals surface area contributed by atoms with Crippen LogP contribution in [0.5, 0.6) is 5.75 Å². The third kappa shape index (κ3) is 7.03. The first-order valence-corrected chi connectivity index (χ1v) is 13.1. The molecule has 5 rings (SSSR count). The molecule has 2 heterocycles. The van der Waals surface area contributed by atoms with Crippen LogP contribution in [0.3, 0.4) is 0 Å². The van der Waals surface area contributed by atoms with Crippen LogP contribution in [0.4, 0.5) is 0 Å². The van der Waals surface area contributed by atoms with Crippen LogP contribution in [-0.4, -0.2) is 62.0 Å². The van der Waals surface area contributed by atoms with Gasteiger partial charge >= 0.3 is 11.9 Å². The van der Waals surface area contributed by atoms with Crippen molar-refractivity contribution in [1.82, 2.24) is 0 Å². The molecule has 0 bridgehead atoms. The lowest BCUT2D eigenvalue weighted by molar-refractivity contribution is -0.185. The van der Waals surface area contributed by atoms with E-state index in [0.717, 1.165) is 64.4 Å². The smallest absolute Gasteiger partial charge is 0.338 e. The third-order valence-corrected chi connectivity index (χ3v) is 7.28. The predicted molar refractivity (Wildman–Crippen MR) is 125 cm³/mol. The Morgan fingerprint density at radius 1 is 1.00 bits per heavy atom. The minimum atomic E-state index is -0.354. The normalized spacial score (nSPS) is 32.3. The fourth-order valence-electron chi connectivity index (χ4n) is 5.00. The van der Waals surface area contributed by atoms with Crippen LogP contribution >= 0.6 is 0 Å². The number of carbonyl (C=O) groups excluding carboxylic acids is 2. The van der Waals surface area contributed by atoms with Gasteiger partial charge < -0.3 is 28.4 Å². The molecular formula is C27H36O8. The largest absolute Gasteiger partial charge is 0.459 e. The maximum atomic E-state index is 12.6. The molecule has 5 atom stereocenters.